The molecule has 128 valence electrons. The van der Waals surface area contributed by atoms with Crippen molar-refractivity contribution in [2.24, 2.45) is 0 Å². The van der Waals surface area contributed by atoms with E-state index in [0.717, 1.165) is 14.8 Å². The van der Waals surface area contributed by atoms with Gasteiger partial charge in [-0.25, -0.2) is 0 Å². The molecule has 2 rings (SSSR count). The molecule has 24 heavy (non-hydrogen) atoms. The average Bonchev–Trinajstić information content (AvgIpc) is 2.51. The molecule has 1 N–H and O–H groups in total. The summed E-state index contributed by atoms with van der Waals surface area (Å²) in [5.74, 6) is 0.497. The number of carbonyl (C=O) groups excluding carboxylic acids is 1. The average molecular weight is 478 g/mol. The minimum Gasteiger partial charge on any atom is -0.479 e. The van der Waals surface area contributed by atoms with Crippen molar-refractivity contribution in [1.29, 1.82) is 0 Å². The number of carbonyl (C=O) groups is 1. The van der Waals surface area contributed by atoms with Crippen LogP contribution >= 0.6 is 45.8 Å². The van der Waals surface area contributed by atoms with Crippen molar-refractivity contribution in [3.8, 4) is 5.75 Å². The van der Waals surface area contributed by atoms with Crippen molar-refractivity contribution in [3.63, 3.8) is 0 Å². The van der Waals surface area contributed by atoms with Crippen LogP contribution in [0.5, 0.6) is 5.75 Å². The number of hydrogen-bond donors (Lipinski definition) is 1. The number of halogens is 3. The molecule has 0 aromatic heterocycles. The SMILES string of the molecule is CC(C)c1cc(I)ccc1NC(=O)[C@H](C)Oc1ccc(Cl)cc1Cl. The number of benzene rings is 2. The summed E-state index contributed by atoms with van der Waals surface area (Å²) in [4.78, 5) is 12.4. The zero-order chi connectivity index (χ0) is 17.9. The van der Waals surface area contributed by atoms with Gasteiger partial charge in [-0.3, -0.25) is 4.79 Å². The van der Waals surface area contributed by atoms with Crippen molar-refractivity contribution in [2.45, 2.75) is 32.8 Å². The van der Waals surface area contributed by atoms with Gasteiger partial charge in [0.05, 0.1) is 5.02 Å². The lowest BCUT2D eigenvalue weighted by Gasteiger charge is -2.18. The van der Waals surface area contributed by atoms with E-state index >= 15 is 0 Å². The van der Waals surface area contributed by atoms with Crippen LogP contribution in [0.15, 0.2) is 36.4 Å². The summed E-state index contributed by atoms with van der Waals surface area (Å²) in [6.07, 6.45) is -0.692. The Labute approximate surface area is 165 Å². The molecule has 2 aromatic rings. The molecule has 0 aliphatic heterocycles. The number of anilines is 1. The van der Waals surface area contributed by atoms with E-state index in [-0.39, 0.29) is 5.91 Å². The molecule has 0 bridgehead atoms. The van der Waals surface area contributed by atoms with Crippen molar-refractivity contribution in [1.82, 2.24) is 0 Å². The van der Waals surface area contributed by atoms with Crippen LogP contribution in [0, 0.1) is 3.57 Å². The van der Waals surface area contributed by atoms with Crippen LogP contribution in [0.3, 0.4) is 0 Å². The second kappa shape index (κ2) is 8.41. The Balaban J connectivity index is 2.12. The van der Waals surface area contributed by atoms with E-state index in [9.17, 15) is 4.79 Å². The maximum Gasteiger partial charge on any atom is 0.265 e. The molecule has 0 saturated heterocycles. The Morgan fingerprint density at radius 3 is 2.46 bits per heavy atom. The summed E-state index contributed by atoms with van der Waals surface area (Å²) >= 11 is 14.2. The first-order chi connectivity index (χ1) is 11.3. The van der Waals surface area contributed by atoms with Crippen molar-refractivity contribution in [3.05, 3.63) is 55.6 Å². The quantitative estimate of drug-likeness (QED) is 0.526. The van der Waals surface area contributed by atoms with Gasteiger partial charge < -0.3 is 10.1 Å². The molecule has 6 heteroatoms. The number of nitrogens with one attached hydrogen (secondary N) is 1. The zero-order valence-electron chi connectivity index (χ0n) is 13.6. The summed E-state index contributed by atoms with van der Waals surface area (Å²) in [5, 5.41) is 3.83. The third kappa shape index (κ3) is 5.01. The number of ether oxygens (including phenoxy) is 1. The van der Waals surface area contributed by atoms with Crippen molar-refractivity contribution >= 4 is 57.4 Å². The minimum absolute atomic E-state index is 0.232. The predicted octanol–water partition coefficient (Wildman–Crippen LogP) is 6.13. The fourth-order valence-corrected chi connectivity index (χ4v) is 3.14. The maximum atomic E-state index is 12.4. The lowest BCUT2D eigenvalue weighted by atomic mass is 10.0. The van der Waals surface area contributed by atoms with E-state index in [0.29, 0.717) is 21.7 Å². The van der Waals surface area contributed by atoms with Gasteiger partial charge in [0.25, 0.3) is 5.91 Å². The van der Waals surface area contributed by atoms with E-state index in [1.165, 1.54) is 0 Å². The van der Waals surface area contributed by atoms with E-state index in [1.54, 1.807) is 25.1 Å². The highest BCUT2D eigenvalue weighted by Crippen LogP contribution is 2.29. The summed E-state index contributed by atoms with van der Waals surface area (Å²) < 4.78 is 6.79. The van der Waals surface area contributed by atoms with Crippen LogP contribution in [-0.4, -0.2) is 12.0 Å². The van der Waals surface area contributed by atoms with E-state index in [4.69, 9.17) is 27.9 Å². The van der Waals surface area contributed by atoms with Gasteiger partial charge in [0.1, 0.15) is 5.75 Å². The Morgan fingerprint density at radius 1 is 1.12 bits per heavy atom. The topological polar surface area (TPSA) is 38.3 Å². The first kappa shape index (κ1) is 19.3. The summed E-state index contributed by atoms with van der Waals surface area (Å²) in [6.45, 7) is 5.87. The largest absolute Gasteiger partial charge is 0.479 e. The van der Waals surface area contributed by atoms with Crippen LogP contribution in [0.25, 0.3) is 0 Å². The molecule has 0 saturated carbocycles. The van der Waals surface area contributed by atoms with Gasteiger partial charge >= 0.3 is 0 Å². The first-order valence-corrected chi connectivity index (χ1v) is 9.33. The third-order valence-corrected chi connectivity index (χ3v) is 4.66. The summed E-state index contributed by atoms with van der Waals surface area (Å²) in [5.41, 5.74) is 1.89. The second-order valence-electron chi connectivity index (χ2n) is 5.71. The van der Waals surface area contributed by atoms with Crippen molar-refractivity contribution in [2.75, 3.05) is 5.32 Å². The lowest BCUT2D eigenvalue weighted by molar-refractivity contribution is -0.122. The van der Waals surface area contributed by atoms with E-state index in [1.807, 2.05) is 12.1 Å². The van der Waals surface area contributed by atoms with E-state index < -0.39 is 6.10 Å². The van der Waals surface area contributed by atoms with Crippen LogP contribution in [0.1, 0.15) is 32.3 Å². The molecule has 1 amide bonds. The molecule has 0 radical (unpaired) electrons. The molecule has 3 nitrogen and oxygen atoms in total. The van der Waals surface area contributed by atoms with Gasteiger partial charge in [-0.05, 0) is 77.4 Å². The van der Waals surface area contributed by atoms with Gasteiger partial charge in [-0.2, -0.15) is 0 Å². The summed E-state index contributed by atoms with van der Waals surface area (Å²) in [7, 11) is 0. The molecule has 0 aliphatic carbocycles. The van der Waals surface area contributed by atoms with E-state index in [2.05, 4.69) is 47.8 Å². The second-order valence-corrected chi connectivity index (χ2v) is 7.80. The Hall–Kier alpha value is -0.980. The number of amides is 1. The van der Waals surface area contributed by atoms with Crippen LogP contribution in [0.4, 0.5) is 5.69 Å². The molecule has 0 heterocycles. The van der Waals surface area contributed by atoms with Gasteiger partial charge in [0.15, 0.2) is 6.10 Å². The summed E-state index contributed by atoms with van der Waals surface area (Å²) in [6, 6.07) is 10.9. The molecule has 0 spiro atoms. The minimum atomic E-state index is -0.692. The van der Waals surface area contributed by atoms with Gasteiger partial charge in [0.2, 0.25) is 0 Å². The molecule has 2 aromatic carbocycles. The standard InChI is InChI=1S/C18H18Cl2INO2/c1-10(2)14-9-13(21)5-6-16(14)22-18(23)11(3)24-17-7-4-12(19)8-15(17)20/h4-11H,1-3H3,(H,22,23)/t11-/m0/s1. The lowest BCUT2D eigenvalue weighted by Crippen LogP contribution is -2.30. The molecule has 1 atom stereocenters. The normalized spacial score (nSPS) is 12.1. The highest BCUT2D eigenvalue weighted by atomic mass is 127. The highest BCUT2D eigenvalue weighted by molar-refractivity contribution is 14.1. The Kier molecular flexibility index (Phi) is 6.78. The fourth-order valence-electron chi connectivity index (χ4n) is 2.17. The highest BCUT2D eigenvalue weighted by Gasteiger charge is 2.18. The van der Waals surface area contributed by atoms with Gasteiger partial charge in [0, 0.05) is 14.3 Å². The first-order valence-electron chi connectivity index (χ1n) is 7.50. The Morgan fingerprint density at radius 2 is 1.83 bits per heavy atom. The van der Waals surface area contributed by atoms with Gasteiger partial charge in [-0.1, -0.05) is 37.0 Å². The zero-order valence-corrected chi connectivity index (χ0v) is 17.2. The third-order valence-electron chi connectivity index (χ3n) is 3.46. The molecule has 0 aliphatic rings. The Bertz CT molecular complexity index is 750. The molecule has 0 fully saturated rings. The van der Waals surface area contributed by atoms with Crippen LogP contribution in [0.2, 0.25) is 10.0 Å². The molecular weight excluding hydrogens is 460 g/mol. The molecular formula is C18H18Cl2INO2. The van der Waals surface area contributed by atoms with Crippen LogP contribution < -0.4 is 10.1 Å². The fraction of sp³-hybridized carbons (Fsp3) is 0.278. The number of hydrogen-bond acceptors (Lipinski definition) is 2. The number of rotatable bonds is 5. The van der Waals surface area contributed by atoms with Crippen LogP contribution in [-0.2, 0) is 4.79 Å². The molecule has 0 unspecified atom stereocenters. The monoisotopic (exact) mass is 477 g/mol. The predicted molar refractivity (Wildman–Crippen MR) is 108 cm³/mol. The van der Waals surface area contributed by atoms with Gasteiger partial charge in [-0.15, -0.1) is 0 Å². The smallest absolute Gasteiger partial charge is 0.265 e. The van der Waals surface area contributed by atoms with Crippen molar-refractivity contribution < 1.29 is 9.53 Å². The maximum absolute atomic E-state index is 12.4.